The molecule has 0 atom stereocenters. The quantitative estimate of drug-likeness (QED) is 0.160. The largest absolute Gasteiger partial charge is 0.486 e. The minimum Gasteiger partial charge on any atom is -0.486 e. The average Bonchev–Trinajstić information content (AvgIpc) is 3.14. The second-order valence-electron chi connectivity index (χ2n) is 9.15. The van der Waals surface area contributed by atoms with Crippen LogP contribution in [0.4, 0.5) is 11.4 Å². The average molecular weight is 651 g/mol. The zero-order chi connectivity index (χ0) is 36.7. The molecule has 0 unspecified atom stereocenters. The fraction of sp³-hybridized carbons (Fsp3) is 0.333. The van der Waals surface area contributed by atoms with Gasteiger partial charge in [-0.05, 0) is 56.0 Å². The molecule has 48 heavy (non-hydrogen) atoms. The third kappa shape index (κ3) is 19.3. The highest BCUT2D eigenvalue weighted by Crippen LogP contribution is 2.24. The molecule has 4 aromatic carbocycles. The Morgan fingerprint density at radius 2 is 0.979 bits per heavy atom. The van der Waals surface area contributed by atoms with Crippen LogP contribution in [0.3, 0.4) is 0 Å². The van der Waals surface area contributed by atoms with E-state index in [1.54, 1.807) is 12.1 Å². The van der Waals surface area contributed by atoms with Crippen LogP contribution in [-0.4, -0.2) is 24.8 Å². The van der Waals surface area contributed by atoms with Crippen LogP contribution >= 0.6 is 0 Å². The number of rotatable bonds is 10. The molecule has 0 bridgehead atoms. The maximum atomic E-state index is 11.0. The molecule has 0 heterocycles. The lowest BCUT2D eigenvalue weighted by atomic mass is 10.0. The molecule has 0 fully saturated rings. The van der Waals surface area contributed by atoms with Crippen molar-refractivity contribution >= 4 is 22.9 Å². The number of para-hydroxylation sites is 1. The Kier molecular flexibility index (Phi) is 27.3. The van der Waals surface area contributed by atoms with Crippen molar-refractivity contribution in [1.29, 1.82) is 0 Å². The zero-order valence-corrected chi connectivity index (χ0v) is 30.6. The summed E-state index contributed by atoms with van der Waals surface area (Å²) in [6.07, 6.45) is 1.41. The highest BCUT2D eigenvalue weighted by Gasteiger charge is 2.06. The van der Waals surface area contributed by atoms with Crippen molar-refractivity contribution in [2.24, 2.45) is 0 Å². The number of benzene rings is 4. The van der Waals surface area contributed by atoms with E-state index < -0.39 is 0 Å². The van der Waals surface area contributed by atoms with Gasteiger partial charge in [0.1, 0.15) is 24.7 Å². The third-order valence-electron chi connectivity index (χ3n) is 5.63. The smallest absolute Gasteiger partial charge is 0.187 e. The lowest BCUT2D eigenvalue weighted by Gasteiger charge is -2.10. The van der Waals surface area contributed by atoms with E-state index in [9.17, 15) is 9.59 Å². The molecule has 256 valence electrons. The monoisotopic (exact) mass is 650 g/mol. The van der Waals surface area contributed by atoms with Crippen molar-refractivity contribution in [3.8, 4) is 11.5 Å². The molecular formula is C42H54N2O4. The van der Waals surface area contributed by atoms with Crippen molar-refractivity contribution in [2.45, 2.75) is 82.1 Å². The summed E-state index contributed by atoms with van der Waals surface area (Å²) in [4.78, 5) is 28.8. The van der Waals surface area contributed by atoms with Crippen LogP contribution in [0, 0.1) is 13.1 Å². The summed E-state index contributed by atoms with van der Waals surface area (Å²) in [6.45, 7) is 33.2. The number of ketones is 2. The first-order valence-corrected chi connectivity index (χ1v) is 16.7. The van der Waals surface area contributed by atoms with Gasteiger partial charge in [0.25, 0.3) is 0 Å². The molecule has 0 radical (unpaired) electrons. The first kappa shape index (κ1) is 44.9. The van der Waals surface area contributed by atoms with E-state index in [-0.39, 0.29) is 24.8 Å². The van der Waals surface area contributed by atoms with Gasteiger partial charge in [0.05, 0.1) is 13.1 Å². The number of carbonyl (C=O) groups excluding carboxylic acids is 2. The van der Waals surface area contributed by atoms with E-state index in [1.807, 2.05) is 140 Å². The molecular weight excluding hydrogens is 596 g/mol. The molecule has 6 nitrogen and oxygen atoms in total. The second-order valence-corrected chi connectivity index (χ2v) is 9.15. The Morgan fingerprint density at radius 3 is 1.48 bits per heavy atom. The minimum atomic E-state index is -0.00481. The van der Waals surface area contributed by atoms with Gasteiger partial charge < -0.3 is 9.47 Å². The van der Waals surface area contributed by atoms with Gasteiger partial charge in [-0.2, -0.15) is 0 Å². The number of carbonyl (C=O) groups is 2. The number of nitrogens with zero attached hydrogens (tertiary/aromatic N) is 2. The Labute approximate surface area is 290 Å². The number of Topliss-reactive ketones (excluding diaryl/α,β-unsaturated/α-hetero) is 2. The SMILES string of the molecule is CC.CC.CC.CC.[C-]#[N+]c1cccc(Cc2cccc(OCC(C)=O)c2)c1.[C-]#[N+]c1cccc(Cc2ccccc2OCC(C)=O)c1. The van der Waals surface area contributed by atoms with Crippen LogP contribution in [-0.2, 0) is 22.4 Å². The first-order chi connectivity index (χ1) is 23.4. The van der Waals surface area contributed by atoms with E-state index in [4.69, 9.17) is 22.6 Å². The number of hydrogen-bond donors (Lipinski definition) is 0. The Bertz CT molecular complexity index is 1550. The Morgan fingerprint density at radius 1 is 0.542 bits per heavy atom. The molecule has 0 aliphatic heterocycles. The summed E-state index contributed by atoms with van der Waals surface area (Å²) < 4.78 is 10.9. The van der Waals surface area contributed by atoms with Crippen LogP contribution in [0.25, 0.3) is 9.69 Å². The van der Waals surface area contributed by atoms with Gasteiger partial charge in [0.15, 0.2) is 22.9 Å². The normalized spacial score (nSPS) is 8.67. The maximum absolute atomic E-state index is 11.0. The molecule has 0 saturated carbocycles. The van der Waals surface area contributed by atoms with Gasteiger partial charge in [-0.15, -0.1) is 0 Å². The molecule has 0 aliphatic carbocycles. The van der Waals surface area contributed by atoms with E-state index in [1.165, 1.54) is 13.8 Å². The molecule has 6 heteroatoms. The van der Waals surface area contributed by atoms with Crippen LogP contribution in [0.5, 0.6) is 11.5 Å². The summed E-state index contributed by atoms with van der Waals surface area (Å²) in [5.74, 6) is 1.41. The van der Waals surface area contributed by atoms with Crippen molar-refractivity contribution < 1.29 is 19.1 Å². The summed E-state index contributed by atoms with van der Waals surface area (Å²) in [6, 6.07) is 30.4. The lowest BCUT2D eigenvalue weighted by Crippen LogP contribution is -2.08. The van der Waals surface area contributed by atoms with Crippen LogP contribution < -0.4 is 9.47 Å². The van der Waals surface area contributed by atoms with Crippen LogP contribution in [0.15, 0.2) is 97.1 Å². The van der Waals surface area contributed by atoms with Gasteiger partial charge >= 0.3 is 0 Å². The van der Waals surface area contributed by atoms with E-state index in [2.05, 4.69) is 9.69 Å². The van der Waals surface area contributed by atoms with E-state index >= 15 is 0 Å². The van der Waals surface area contributed by atoms with Gasteiger partial charge in [-0.3, -0.25) is 9.59 Å². The van der Waals surface area contributed by atoms with Crippen molar-refractivity contribution in [1.82, 2.24) is 0 Å². The van der Waals surface area contributed by atoms with Crippen LogP contribution in [0.2, 0.25) is 0 Å². The Hall–Kier alpha value is -5.20. The van der Waals surface area contributed by atoms with Crippen molar-refractivity contribution in [2.75, 3.05) is 13.2 Å². The van der Waals surface area contributed by atoms with E-state index in [0.717, 1.165) is 34.4 Å². The number of ether oxygens (including phenoxy) is 2. The molecule has 0 saturated heterocycles. The molecule has 0 N–H and O–H groups in total. The van der Waals surface area contributed by atoms with Gasteiger partial charge in [-0.1, -0.05) is 145 Å². The lowest BCUT2D eigenvalue weighted by molar-refractivity contribution is -0.119. The highest BCUT2D eigenvalue weighted by atomic mass is 16.5. The Balaban J connectivity index is 0. The van der Waals surface area contributed by atoms with Gasteiger partial charge in [0, 0.05) is 0 Å². The molecule has 4 aromatic rings. The number of hydrogen-bond acceptors (Lipinski definition) is 4. The maximum Gasteiger partial charge on any atom is 0.187 e. The topological polar surface area (TPSA) is 61.3 Å². The summed E-state index contributed by atoms with van der Waals surface area (Å²) in [5.41, 5.74) is 5.51. The molecule has 0 aromatic heterocycles. The summed E-state index contributed by atoms with van der Waals surface area (Å²) in [5, 5.41) is 0. The van der Waals surface area contributed by atoms with E-state index in [0.29, 0.717) is 23.5 Å². The summed E-state index contributed by atoms with van der Waals surface area (Å²) in [7, 11) is 0. The molecule has 0 aliphatic rings. The highest BCUT2D eigenvalue weighted by molar-refractivity contribution is 5.77. The minimum absolute atomic E-state index is 0.000150. The molecule has 0 amide bonds. The predicted molar refractivity (Wildman–Crippen MR) is 202 cm³/mol. The fourth-order valence-corrected chi connectivity index (χ4v) is 3.83. The van der Waals surface area contributed by atoms with Crippen molar-refractivity contribution in [3.63, 3.8) is 0 Å². The zero-order valence-electron chi connectivity index (χ0n) is 30.6. The fourth-order valence-electron chi connectivity index (χ4n) is 3.83. The van der Waals surface area contributed by atoms with Crippen LogP contribution in [0.1, 0.15) is 91.5 Å². The molecule has 4 rings (SSSR count). The first-order valence-electron chi connectivity index (χ1n) is 16.7. The van der Waals surface area contributed by atoms with Crippen molar-refractivity contribution in [3.05, 3.63) is 142 Å². The standard InChI is InChI=1S/2C17H15NO2.4C2H6/c1-13(19)12-20-17-8-4-6-15(11-17)9-14-5-3-7-16(10-14)18-2;1-13(19)12-20-17-9-4-3-7-15(17)10-14-6-5-8-16(11-14)18-2;4*1-2/h3-8,10-11H,9,12H2,1H3;3-9,11H,10,12H2,1H3;4*1-2H3. The van der Waals surface area contributed by atoms with Gasteiger partial charge in [-0.25, -0.2) is 9.69 Å². The summed E-state index contributed by atoms with van der Waals surface area (Å²) >= 11 is 0. The predicted octanol–water partition coefficient (Wildman–Crippen LogP) is 11.7. The third-order valence-corrected chi connectivity index (χ3v) is 5.63. The molecule has 0 spiro atoms. The van der Waals surface area contributed by atoms with Gasteiger partial charge in [0.2, 0.25) is 0 Å². The second kappa shape index (κ2) is 29.2.